The molecule has 1 aliphatic rings. The molecule has 0 heterocycles. The third kappa shape index (κ3) is 3.13. The van der Waals surface area contributed by atoms with E-state index in [1.54, 1.807) is 0 Å². The molecule has 0 aromatic heterocycles. The van der Waals surface area contributed by atoms with Crippen molar-refractivity contribution in [2.75, 3.05) is 6.54 Å². The molecule has 0 unspecified atom stereocenters. The molecule has 4 rings (SSSR count). The largest absolute Gasteiger partial charge is 0.297 e. The zero-order valence-corrected chi connectivity index (χ0v) is 16.6. The first-order chi connectivity index (χ1) is 13.7. The van der Waals surface area contributed by atoms with Crippen molar-refractivity contribution in [3.8, 4) is 17.2 Å². The van der Waals surface area contributed by atoms with Crippen molar-refractivity contribution >= 4 is 0 Å². The fourth-order valence-electron chi connectivity index (χ4n) is 4.42. The molecule has 3 aromatic carbocycles. The predicted molar refractivity (Wildman–Crippen MR) is 115 cm³/mol. The molecule has 0 bridgehead atoms. The second-order valence-corrected chi connectivity index (χ2v) is 7.91. The van der Waals surface area contributed by atoms with Crippen molar-refractivity contribution in [3.05, 3.63) is 95.6 Å². The van der Waals surface area contributed by atoms with Gasteiger partial charge in [0.15, 0.2) is 0 Å². The van der Waals surface area contributed by atoms with Crippen molar-refractivity contribution < 1.29 is 0 Å². The van der Waals surface area contributed by atoms with E-state index in [4.69, 9.17) is 0 Å². The van der Waals surface area contributed by atoms with Crippen LogP contribution >= 0.6 is 0 Å². The summed E-state index contributed by atoms with van der Waals surface area (Å²) in [4.78, 5) is 2.47. The number of nitriles is 1. The fraction of sp³-hybridized carbons (Fsp3) is 0.269. The molecule has 0 spiro atoms. The van der Waals surface area contributed by atoms with E-state index in [0.29, 0.717) is 6.04 Å². The number of fused-ring (bicyclic) bond motifs is 3. The van der Waals surface area contributed by atoms with Crippen LogP contribution in [0.5, 0.6) is 0 Å². The highest BCUT2D eigenvalue weighted by molar-refractivity contribution is 5.82. The Bertz CT molecular complexity index is 953. The standard InChI is InChI=1S/C26H26N2/c1-20(2)28(18-21-10-4-3-5-11-21)17-16-26(19-27)24-14-8-6-12-22(24)23-13-7-9-15-25(23)26/h3-15,20H,16-18H2,1-2H3. The van der Waals surface area contributed by atoms with Crippen LogP contribution in [0.3, 0.4) is 0 Å². The van der Waals surface area contributed by atoms with E-state index in [1.807, 2.05) is 0 Å². The van der Waals surface area contributed by atoms with Crippen LogP contribution in [-0.2, 0) is 12.0 Å². The van der Waals surface area contributed by atoms with E-state index in [0.717, 1.165) is 30.6 Å². The number of nitrogens with zero attached hydrogens (tertiary/aromatic N) is 2. The van der Waals surface area contributed by atoms with Crippen LogP contribution in [0.15, 0.2) is 78.9 Å². The van der Waals surface area contributed by atoms with E-state index in [9.17, 15) is 5.26 Å². The highest BCUT2D eigenvalue weighted by atomic mass is 15.1. The lowest BCUT2D eigenvalue weighted by Crippen LogP contribution is -2.36. The zero-order valence-electron chi connectivity index (χ0n) is 16.6. The van der Waals surface area contributed by atoms with E-state index >= 15 is 0 Å². The van der Waals surface area contributed by atoms with Gasteiger partial charge in [0.1, 0.15) is 5.41 Å². The van der Waals surface area contributed by atoms with Crippen molar-refractivity contribution in [1.29, 1.82) is 5.26 Å². The lowest BCUT2D eigenvalue weighted by atomic mass is 9.76. The van der Waals surface area contributed by atoms with E-state index in [-0.39, 0.29) is 0 Å². The summed E-state index contributed by atoms with van der Waals surface area (Å²) in [7, 11) is 0. The lowest BCUT2D eigenvalue weighted by Gasteiger charge is -2.31. The van der Waals surface area contributed by atoms with Crippen molar-refractivity contribution in [1.82, 2.24) is 4.90 Å². The third-order valence-electron chi connectivity index (χ3n) is 5.99. The summed E-state index contributed by atoms with van der Waals surface area (Å²) in [5, 5.41) is 10.4. The number of benzene rings is 3. The molecule has 2 nitrogen and oxygen atoms in total. The van der Waals surface area contributed by atoms with Crippen LogP contribution in [0.4, 0.5) is 0 Å². The topological polar surface area (TPSA) is 27.0 Å². The predicted octanol–water partition coefficient (Wildman–Crippen LogP) is 5.78. The summed E-state index contributed by atoms with van der Waals surface area (Å²) < 4.78 is 0. The minimum Gasteiger partial charge on any atom is -0.297 e. The van der Waals surface area contributed by atoms with Crippen LogP contribution in [0.2, 0.25) is 0 Å². The molecule has 0 fully saturated rings. The smallest absolute Gasteiger partial charge is 0.110 e. The Morgan fingerprint density at radius 1 is 0.821 bits per heavy atom. The molecule has 2 heteroatoms. The Labute approximate surface area is 168 Å². The minimum atomic E-state index is -0.572. The van der Waals surface area contributed by atoms with Gasteiger partial charge >= 0.3 is 0 Å². The highest BCUT2D eigenvalue weighted by Crippen LogP contribution is 2.50. The number of hydrogen-bond donors (Lipinski definition) is 0. The fourth-order valence-corrected chi connectivity index (χ4v) is 4.42. The molecule has 0 saturated heterocycles. The Hall–Kier alpha value is -2.89. The molecule has 0 saturated carbocycles. The van der Waals surface area contributed by atoms with Gasteiger partial charge in [0, 0.05) is 19.1 Å². The van der Waals surface area contributed by atoms with Gasteiger partial charge < -0.3 is 0 Å². The Balaban J connectivity index is 1.66. The Kier molecular flexibility index (Phi) is 5.03. The maximum absolute atomic E-state index is 10.4. The Morgan fingerprint density at radius 2 is 1.36 bits per heavy atom. The normalized spacial score (nSPS) is 14.0. The molecule has 0 radical (unpaired) electrons. The molecule has 0 aliphatic heterocycles. The van der Waals surface area contributed by atoms with Gasteiger partial charge in [-0.15, -0.1) is 0 Å². The molecule has 140 valence electrons. The van der Waals surface area contributed by atoms with E-state index in [1.165, 1.54) is 16.7 Å². The SMILES string of the molecule is CC(C)N(CCC1(C#N)c2ccccc2-c2ccccc21)Cc1ccccc1. The summed E-state index contributed by atoms with van der Waals surface area (Å²) in [6.45, 7) is 6.25. The first-order valence-electron chi connectivity index (χ1n) is 10.0. The molecular formula is C26H26N2. The number of rotatable bonds is 6. The van der Waals surface area contributed by atoms with Gasteiger partial charge in [-0.1, -0.05) is 78.9 Å². The maximum atomic E-state index is 10.4. The van der Waals surface area contributed by atoms with E-state index in [2.05, 4.69) is 104 Å². The highest BCUT2D eigenvalue weighted by Gasteiger charge is 2.43. The first-order valence-corrected chi connectivity index (χ1v) is 10.0. The average molecular weight is 367 g/mol. The number of hydrogen-bond acceptors (Lipinski definition) is 2. The van der Waals surface area contributed by atoms with Gasteiger partial charge in [-0.3, -0.25) is 4.90 Å². The molecule has 28 heavy (non-hydrogen) atoms. The first kappa shape index (κ1) is 18.5. The van der Waals surface area contributed by atoms with Crippen LogP contribution in [0.1, 0.15) is 37.0 Å². The average Bonchev–Trinajstić information content (AvgIpc) is 3.02. The van der Waals surface area contributed by atoms with Gasteiger partial charge in [0.25, 0.3) is 0 Å². The minimum absolute atomic E-state index is 0.419. The molecule has 0 amide bonds. The molecule has 0 N–H and O–H groups in total. The van der Waals surface area contributed by atoms with E-state index < -0.39 is 5.41 Å². The quantitative estimate of drug-likeness (QED) is 0.553. The summed E-state index contributed by atoms with van der Waals surface area (Å²) in [6, 6.07) is 30.6. The molecule has 3 aromatic rings. The van der Waals surface area contributed by atoms with Crippen LogP contribution in [-0.4, -0.2) is 17.5 Å². The van der Waals surface area contributed by atoms with Gasteiger partial charge in [-0.25, -0.2) is 0 Å². The van der Waals surface area contributed by atoms with Crippen LogP contribution < -0.4 is 0 Å². The zero-order chi connectivity index (χ0) is 19.6. The summed E-state index contributed by atoms with van der Waals surface area (Å²) in [5.74, 6) is 0. The molecule has 1 aliphatic carbocycles. The van der Waals surface area contributed by atoms with Crippen molar-refractivity contribution in [3.63, 3.8) is 0 Å². The molecular weight excluding hydrogens is 340 g/mol. The molecule has 0 atom stereocenters. The van der Waals surface area contributed by atoms with Crippen LogP contribution in [0, 0.1) is 11.3 Å². The lowest BCUT2D eigenvalue weighted by molar-refractivity contribution is 0.202. The third-order valence-corrected chi connectivity index (χ3v) is 5.99. The monoisotopic (exact) mass is 366 g/mol. The maximum Gasteiger partial charge on any atom is 0.110 e. The summed E-state index contributed by atoms with van der Waals surface area (Å²) >= 11 is 0. The van der Waals surface area contributed by atoms with Gasteiger partial charge in [0.05, 0.1) is 6.07 Å². The van der Waals surface area contributed by atoms with Crippen molar-refractivity contribution in [2.24, 2.45) is 0 Å². The second-order valence-electron chi connectivity index (χ2n) is 7.91. The summed E-state index contributed by atoms with van der Waals surface area (Å²) in [5.41, 5.74) is 5.47. The van der Waals surface area contributed by atoms with Gasteiger partial charge in [0.2, 0.25) is 0 Å². The Morgan fingerprint density at radius 3 is 1.89 bits per heavy atom. The van der Waals surface area contributed by atoms with Gasteiger partial charge in [-0.05, 0) is 48.1 Å². The summed E-state index contributed by atoms with van der Waals surface area (Å²) in [6.07, 6.45) is 0.794. The van der Waals surface area contributed by atoms with Crippen LogP contribution in [0.25, 0.3) is 11.1 Å². The van der Waals surface area contributed by atoms with Gasteiger partial charge in [-0.2, -0.15) is 5.26 Å². The van der Waals surface area contributed by atoms with Crippen molar-refractivity contribution in [2.45, 2.75) is 38.3 Å². The second kappa shape index (κ2) is 7.62.